The van der Waals surface area contributed by atoms with Gasteiger partial charge in [-0.3, -0.25) is 4.72 Å². The number of nitrogen functional groups attached to an aromatic ring is 1. The lowest BCUT2D eigenvalue weighted by molar-refractivity contribution is 0.0593. The number of benzene rings is 2. The van der Waals surface area contributed by atoms with Crippen molar-refractivity contribution in [2.75, 3.05) is 31.8 Å². The molecule has 0 amide bonds. The number of hydrogen-bond acceptors (Lipinski definition) is 8. The van der Waals surface area contributed by atoms with Gasteiger partial charge >= 0.3 is 5.97 Å². The van der Waals surface area contributed by atoms with Gasteiger partial charge in [-0.15, -0.1) is 0 Å². The Kier molecular flexibility index (Phi) is 6.27. The van der Waals surface area contributed by atoms with E-state index in [0.29, 0.717) is 17.2 Å². The molecule has 0 aliphatic carbocycles. The molecule has 0 atom stereocenters. The molecule has 1 aromatic heterocycles. The Hall–Kier alpha value is -4.17. The summed E-state index contributed by atoms with van der Waals surface area (Å²) in [5.41, 5.74) is 6.59. The summed E-state index contributed by atoms with van der Waals surface area (Å²) in [5, 5.41) is 9.22. The van der Waals surface area contributed by atoms with Gasteiger partial charge in [0.25, 0.3) is 10.0 Å². The Bertz CT molecular complexity index is 1310. The van der Waals surface area contributed by atoms with Crippen molar-refractivity contribution in [1.29, 1.82) is 5.26 Å². The van der Waals surface area contributed by atoms with Crippen LogP contribution in [0.3, 0.4) is 0 Å². The lowest BCUT2D eigenvalue weighted by Crippen LogP contribution is -2.14. The minimum absolute atomic E-state index is 0.0238. The maximum atomic E-state index is 12.9. The second-order valence-electron chi connectivity index (χ2n) is 6.44. The highest BCUT2D eigenvalue weighted by molar-refractivity contribution is 7.92. The van der Waals surface area contributed by atoms with Crippen LogP contribution in [-0.4, -0.2) is 40.3 Å². The highest BCUT2D eigenvalue weighted by Crippen LogP contribution is 2.31. The Morgan fingerprint density at radius 1 is 1.09 bits per heavy atom. The van der Waals surface area contributed by atoms with E-state index in [-0.39, 0.29) is 27.5 Å². The maximum Gasteiger partial charge on any atom is 0.357 e. The standard InChI is InChI=1S/C21H20N4O6S/c1-29-15-6-9-17(18(10-15)30-2)24-32(27,28)16-7-4-14(5-8-16)25-12-13(11-22)19(23)20(25)21(26)31-3/h4-10,12,24H,23H2,1-3H3. The minimum atomic E-state index is -3.95. The highest BCUT2D eigenvalue weighted by atomic mass is 32.2. The second-order valence-corrected chi connectivity index (χ2v) is 8.13. The van der Waals surface area contributed by atoms with Gasteiger partial charge in [0.1, 0.15) is 17.6 Å². The van der Waals surface area contributed by atoms with Crippen LogP contribution in [0.5, 0.6) is 11.5 Å². The average Bonchev–Trinajstić information content (AvgIpc) is 3.14. The van der Waals surface area contributed by atoms with E-state index < -0.39 is 16.0 Å². The van der Waals surface area contributed by atoms with Gasteiger partial charge in [0.15, 0.2) is 5.69 Å². The minimum Gasteiger partial charge on any atom is -0.497 e. The van der Waals surface area contributed by atoms with Crippen LogP contribution in [-0.2, 0) is 14.8 Å². The van der Waals surface area contributed by atoms with Gasteiger partial charge in [-0.1, -0.05) is 0 Å². The Morgan fingerprint density at radius 2 is 1.78 bits per heavy atom. The quantitative estimate of drug-likeness (QED) is 0.516. The lowest BCUT2D eigenvalue weighted by atomic mass is 10.2. The number of ether oxygens (including phenoxy) is 3. The molecule has 1 heterocycles. The summed E-state index contributed by atoms with van der Waals surface area (Å²) < 4.78 is 44.6. The van der Waals surface area contributed by atoms with Crippen LogP contribution in [0.2, 0.25) is 0 Å². The topological polar surface area (TPSA) is 146 Å². The number of hydrogen-bond donors (Lipinski definition) is 2. The van der Waals surface area contributed by atoms with Crippen molar-refractivity contribution in [3.8, 4) is 23.3 Å². The zero-order valence-corrected chi connectivity index (χ0v) is 18.3. The molecule has 0 spiro atoms. The SMILES string of the molecule is COC(=O)c1c(N)c(C#N)cn1-c1ccc(S(=O)(=O)Nc2ccc(OC)cc2OC)cc1. The van der Waals surface area contributed by atoms with Crippen LogP contribution in [0.15, 0.2) is 53.6 Å². The van der Waals surface area contributed by atoms with Gasteiger partial charge < -0.3 is 24.5 Å². The fourth-order valence-electron chi connectivity index (χ4n) is 2.99. The predicted molar refractivity (Wildman–Crippen MR) is 117 cm³/mol. The van der Waals surface area contributed by atoms with E-state index in [1.54, 1.807) is 12.1 Å². The first-order valence-corrected chi connectivity index (χ1v) is 10.6. The summed E-state index contributed by atoms with van der Waals surface area (Å²) >= 11 is 0. The van der Waals surface area contributed by atoms with Crippen LogP contribution in [0.25, 0.3) is 5.69 Å². The van der Waals surface area contributed by atoms with Crippen LogP contribution >= 0.6 is 0 Å². The Morgan fingerprint density at radius 3 is 2.34 bits per heavy atom. The number of nitrogens with one attached hydrogen (secondary N) is 1. The molecule has 0 unspecified atom stereocenters. The molecule has 0 aliphatic rings. The number of sulfonamides is 1. The van der Waals surface area contributed by atoms with Gasteiger partial charge in [0, 0.05) is 18.0 Å². The summed E-state index contributed by atoms with van der Waals surface area (Å²) in [4.78, 5) is 12.1. The number of aromatic nitrogens is 1. The van der Waals surface area contributed by atoms with E-state index in [1.165, 1.54) is 62.4 Å². The van der Waals surface area contributed by atoms with Crippen LogP contribution < -0.4 is 19.9 Å². The maximum absolute atomic E-state index is 12.9. The number of esters is 1. The molecular weight excluding hydrogens is 436 g/mol. The Balaban J connectivity index is 1.96. The first-order valence-electron chi connectivity index (χ1n) is 9.10. The molecule has 0 fully saturated rings. The fourth-order valence-corrected chi connectivity index (χ4v) is 4.06. The molecule has 2 aromatic carbocycles. The van der Waals surface area contributed by atoms with Crippen molar-refractivity contribution in [3.05, 3.63) is 59.9 Å². The largest absolute Gasteiger partial charge is 0.497 e. The van der Waals surface area contributed by atoms with E-state index in [0.717, 1.165) is 0 Å². The molecule has 11 heteroatoms. The summed E-state index contributed by atoms with van der Waals surface area (Å²) in [5.74, 6) is 0.0753. The van der Waals surface area contributed by atoms with Crippen molar-refractivity contribution in [2.45, 2.75) is 4.90 Å². The van der Waals surface area contributed by atoms with Crippen molar-refractivity contribution in [2.24, 2.45) is 0 Å². The van der Waals surface area contributed by atoms with E-state index in [9.17, 15) is 18.5 Å². The fraction of sp³-hybridized carbons (Fsp3) is 0.143. The number of nitrogens with two attached hydrogens (primary N) is 1. The molecule has 32 heavy (non-hydrogen) atoms. The summed E-state index contributed by atoms with van der Waals surface area (Å²) in [6.45, 7) is 0. The zero-order chi connectivity index (χ0) is 23.5. The lowest BCUT2D eigenvalue weighted by Gasteiger charge is -2.14. The smallest absolute Gasteiger partial charge is 0.357 e. The van der Waals surface area contributed by atoms with Crippen molar-refractivity contribution >= 4 is 27.4 Å². The van der Waals surface area contributed by atoms with Crippen molar-refractivity contribution in [1.82, 2.24) is 4.57 Å². The predicted octanol–water partition coefficient (Wildman–Crippen LogP) is 2.54. The molecular formula is C21H20N4O6S. The molecule has 3 rings (SSSR count). The number of carbonyl (C=O) groups is 1. The van der Waals surface area contributed by atoms with Gasteiger partial charge in [-0.05, 0) is 36.4 Å². The van der Waals surface area contributed by atoms with E-state index in [4.69, 9.17) is 19.9 Å². The molecule has 166 valence electrons. The highest BCUT2D eigenvalue weighted by Gasteiger charge is 2.22. The van der Waals surface area contributed by atoms with E-state index in [2.05, 4.69) is 4.72 Å². The first kappa shape index (κ1) is 22.5. The average molecular weight is 456 g/mol. The molecule has 0 saturated carbocycles. The monoisotopic (exact) mass is 456 g/mol. The van der Waals surface area contributed by atoms with E-state index >= 15 is 0 Å². The van der Waals surface area contributed by atoms with Gasteiger partial charge in [0.2, 0.25) is 0 Å². The summed E-state index contributed by atoms with van der Waals surface area (Å²) in [6.07, 6.45) is 1.38. The summed E-state index contributed by atoms with van der Waals surface area (Å²) in [6, 6.07) is 12.3. The van der Waals surface area contributed by atoms with Crippen LogP contribution in [0.4, 0.5) is 11.4 Å². The van der Waals surface area contributed by atoms with Crippen molar-refractivity contribution < 1.29 is 27.4 Å². The molecule has 3 N–H and O–H groups in total. The van der Waals surface area contributed by atoms with Gasteiger partial charge in [-0.25, -0.2) is 13.2 Å². The number of methoxy groups -OCH3 is 3. The van der Waals surface area contributed by atoms with Gasteiger partial charge in [0.05, 0.1) is 43.2 Å². The third-order valence-corrected chi connectivity index (χ3v) is 6.00. The number of rotatable bonds is 7. The number of nitriles is 1. The van der Waals surface area contributed by atoms with E-state index in [1.807, 2.05) is 6.07 Å². The van der Waals surface area contributed by atoms with Crippen molar-refractivity contribution in [3.63, 3.8) is 0 Å². The third kappa shape index (κ3) is 4.17. The molecule has 0 bridgehead atoms. The first-order chi connectivity index (χ1) is 15.2. The molecule has 0 radical (unpaired) electrons. The Labute approximate surface area is 184 Å². The number of nitrogens with zero attached hydrogens (tertiary/aromatic N) is 2. The number of carbonyl (C=O) groups excluding carboxylic acids is 1. The molecule has 0 saturated heterocycles. The second kappa shape index (κ2) is 8.91. The molecule has 0 aliphatic heterocycles. The van der Waals surface area contributed by atoms with Gasteiger partial charge in [-0.2, -0.15) is 5.26 Å². The molecule has 3 aromatic rings. The van der Waals surface area contributed by atoms with Crippen LogP contribution in [0, 0.1) is 11.3 Å². The third-order valence-electron chi connectivity index (χ3n) is 4.62. The number of anilines is 2. The zero-order valence-electron chi connectivity index (χ0n) is 17.4. The molecule has 10 nitrogen and oxygen atoms in total. The van der Waals surface area contributed by atoms with Crippen LogP contribution in [0.1, 0.15) is 16.1 Å². The summed E-state index contributed by atoms with van der Waals surface area (Å²) in [7, 11) is 0.147. The normalized spacial score (nSPS) is 10.8.